The van der Waals surface area contributed by atoms with Gasteiger partial charge in [-0.15, -0.1) is 0 Å². The van der Waals surface area contributed by atoms with Crippen LogP contribution in [0.2, 0.25) is 0 Å². The summed E-state index contributed by atoms with van der Waals surface area (Å²) in [5.74, 6) is 0.539. The predicted octanol–water partition coefficient (Wildman–Crippen LogP) is 4.85. The van der Waals surface area contributed by atoms with Crippen molar-refractivity contribution >= 4 is 27.6 Å². The maximum atomic E-state index is 13.9. The lowest BCUT2D eigenvalue weighted by Gasteiger charge is -2.29. The second kappa shape index (κ2) is 8.84. The van der Waals surface area contributed by atoms with Crippen LogP contribution in [-0.2, 0) is 6.54 Å². The normalized spacial score (nSPS) is 12.4. The molecule has 33 heavy (non-hydrogen) atoms. The highest BCUT2D eigenvalue weighted by molar-refractivity contribution is 6.10. The van der Waals surface area contributed by atoms with Gasteiger partial charge in [0.1, 0.15) is 5.82 Å². The summed E-state index contributed by atoms with van der Waals surface area (Å²) in [7, 11) is 0. The van der Waals surface area contributed by atoms with Crippen LogP contribution >= 0.6 is 0 Å². The third-order valence-corrected chi connectivity index (χ3v) is 6.00. The van der Waals surface area contributed by atoms with Crippen LogP contribution in [0.15, 0.2) is 89.9 Å². The molecule has 0 radical (unpaired) electrons. The van der Waals surface area contributed by atoms with Crippen LogP contribution in [0.4, 0.5) is 0 Å². The molecule has 2 N–H and O–H groups in total. The van der Waals surface area contributed by atoms with E-state index in [0.29, 0.717) is 35.4 Å². The Morgan fingerprint density at radius 1 is 0.939 bits per heavy atom. The number of nitrogens with zero attached hydrogens (tertiary/aromatic N) is 2. The molecule has 0 spiro atoms. The van der Waals surface area contributed by atoms with Crippen LogP contribution in [0, 0.1) is 0 Å². The van der Waals surface area contributed by atoms with E-state index < -0.39 is 6.04 Å². The summed E-state index contributed by atoms with van der Waals surface area (Å²) in [5, 5.41) is 1.45. The largest absolute Gasteiger partial charge is 0.360 e. The van der Waals surface area contributed by atoms with E-state index in [2.05, 4.69) is 15.0 Å². The van der Waals surface area contributed by atoms with Crippen molar-refractivity contribution in [1.29, 1.82) is 0 Å². The van der Waals surface area contributed by atoms with Crippen molar-refractivity contribution in [2.75, 3.05) is 6.54 Å². The molecule has 0 fully saturated rings. The fraction of sp³-hybridized carbons (Fsp3) is 0.148. The van der Waals surface area contributed by atoms with E-state index >= 15 is 0 Å². The fourth-order valence-corrected chi connectivity index (χ4v) is 4.37. The predicted molar refractivity (Wildman–Crippen MR) is 130 cm³/mol. The Kier molecular flexibility index (Phi) is 5.59. The molecule has 0 aliphatic heterocycles. The summed E-state index contributed by atoms with van der Waals surface area (Å²) < 4.78 is 0. The minimum atomic E-state index is -0.521. The van der Waals surface area contributed by atoms with E-state index in [-0.39, 0.29) is 11.3 Å². The van der Waals surface area contributed by atoms with Gasteiger partial charge in [-0.25, -0.2) is 4.98 Å². The average molecular weight is 437 g/mol. The maximum Gasteiger partial charge on any atom is 0.258 e. The minimum Gasteiger partial charge on any atom is -0.360 e. The number of hydrogen-bond acceptors (Lipinski definition) is 4. The van der Waals surface area contributed by atoms with E-state index in [9.17, 15) is 9.59 Å². The zero-order valence-electron chi connectivity index (χ0n) is 18.3. The molecule has 0 amide bonds. The first-order valence-electron chi connectivity index (χ1n) is 11.0. The van der Waals surface area contributed by atoms with Crippen LogP contribution in [0.5, 0.6) is 0 Å². The molecular weight excluding hydrogens is 412 g/mol. The number of likely N-dealkylation sites (N-methyl/N-ethyl adjacent to an activating group) is 1. The molecule has 3 aromatic carbocycles. The number of rotatable bonds is 7. The van der Waals surface area contributed by atoms with Crippen LogP contribution in [0.25, 0.3) is 21.8 Å². The number of carbonyl (C=O) groups excluding carboxylic acids is 1. The molecule has 6 nitrogen and oxygen atoms in total. The number of aromatic nitrogens is 3. The lowest BCUT2D eigenvalue weighted by Crippen LogP contribution is -2.35. The maximum absolute atomic E-state index is 13.9. The van der Waals surface area contributed by atoms with Crippen LogP contribution in [-0.4, -0.2) is 32.2 Å². The summed E-state index contributed by atoms with van der Waals surface area (Å²) >= 11 is 0. The Bertz CT molecular complexity index is 1490. The molecule has 2 heterocycles. The molecule has 0 aliphatic carbocycles. The molecule has 0 aliphatic rings. The van der Waals surface area contributed by atoms with Gasteiger partial charge in [-0.1, -0.05) is 67.6 Å². The first-order valence-corrected chi connectivity index (χ1v) is 11.0. The molecule has 2 aromatic heterocycles. The van der Waals surface area contributed by atoms with Crippen LogP contribution in [0.1, 0.15) is 34.7 Å². The number of nitrogens with one attached hydrogen (secondary N) is 2. The Balaban J connectivity index is 1.57. The first-order chi connectivity index (χ1) is 16.2. The fourth-order valence-electron chi connectivity index (χ4n) is 4.37. The molecular formula is C27H24N4O2. The highest BCUT2D eigenvalue weighted by Crippen LogP contribution is 2.29. The van der Waals surface area contributed by atoms with Crippen molar-refractivity contribution in [2.45, 2.75) is 19.5 Å². The number of carbonyl (C=O) groups is 1. The van der Waals surface area contributed by atoms with Crippen molar-refractivity contribution in [2.24, 2.45) is 0 Å². The smallest absolute Gasteiger partial charge is 0.258 e. The summed E-state index contributed by atoms with van der Waals surface area (Å²) in [6, 6.07) is 24.3. The third kappa shape index (κ3) is 3.97. The number of fused-ring (bicyclic) bond motifs is 2. The van der Waals surface area contributed by atoms with Crippen molar-refractivity contribution in [3.8, 4) is 0 Å². The van der Waals surface area contributed by atoms with Gasteiger partial charge in [0, 0.05) is 22.7 Å². The van der Waals surface area contributed by atoms with Gasteiger partial charge in [-0.2, -0.15) is 0 Å². The van der Waals surface area contributed by atoms with Crippen LogP contribution < -0.4 is 5.56 Å². The molecule has 5 aromatic rings. The Hall–Kier alpha value is -4.03. The van der Waals surface area contributed by atoms with E-state index in [1.165, 1.54) is 0 Å². The molecule has 5 rings (SSSR count). The number of Topliss-reactive ketones (excluding diaryl/α,β-unsaturated/α-hetero) is 1. The highest BCUT2D eigenvalue weighted by atomic mass is 16.1. The summed E-state index contributed by atoms with van der Waals surface area (Å²) in [6.45, 7) is 2.95. The van der Waals surface area contributed by atoms with Gasteiger partial charge in [-0.3, -0.25) is 14.5 Å². The molecule has 0 saturated carbocycles. The van der Waals surface area contributed by atoms with Gasteiger partial charge >= 0.3 is 0 Å². The standard InChI is InChI=1S/C27H24N4O2/c1-2-31(17-24-29-23-15-9-7-13-20(23)27(33)30-24)25(18-10-4-3-5-11-18)26(32)21-16-28-22-14-8-6-12-19(21)22/h3-16,25,28H,2,17H2,1H3,(H,29,30,33). The van der Waals surface area contributed by atoms with Crippen molar-refractivity contribution in [3.05, 3.63) is 112 Å². The van der Waals surface area contributed by atoms with Crippen molar-refractivity contribution in [1.82, 2.24) is 19.9 Å². The summed E-state index contributed by atoms with van der Waals surface area (Å²) in [4.78, 5) is 39.3. The topological polar surface area (TPSA) is 81.8 Å². The van der Waals surface area contributed by atoms with Crippen molar-refractivity contribution in [3.63, 3.8) is 0 Å². The van der Waals surface area contributed by atoms with Crippen LogP contribution in [0.3, 0.4) is 0 Å². The van der Waals surface area contributed by atoms with Gasteiger partial charge in [0.15, 0.2) is 5.78 Å². The molecule has 6 heteroatoms. The molecule has 164 valence electrons. The van der Waals surface area contributed by atoms with Crippen molar-refractivity contribution < 1.29 is 4.79 Å². The Morgan fingerprint density at radius 2 is 1.64 bits per heavy atom. The van der Waals surface area contributed by atoms with E-state index in [0.717, 1.165) is 16.5 Å². The Labute approximate surface area is 190 Å². The van der Waals surface area contributed by atoms with E-state index in [1.807, 2.05) is 84.6 Å². The third-order valence-electron chi connectivity index (χ3n) is 6.00. The summed E-state index contributed by atoms with van der Waals surface area (Å²) in [5.41, 5.74) is 2.95. The highest BCUT2D eigenvalue weighted by Gasteiger charge is 2.30. The SMILES string of the molecule is CCN(Cc1nc2ccccc2c(=O)[nH]1)C(C(=O)c1c[nH]c2ccccc12)c1ccccc1. The van der Waals surface area contributed by atoms with Gasteiger partial charge in [0.25, 0.3) is 5.56 Å². The number of ketones is 1. The summed E-state index contributed by atoms with van der Waals surface area (Å²) in [6.07, 6.45) is 1.78. The van der Waals surface area contributed by atoms with E-state index in [4.69, 9.17) is 0 Å². The number of aromatic amines is 2. The monoisotopic (exact) mass is 436 g/mol. The van der Waals surface area contributed by atoms with Gasteiger partial charge in [-0.05, 0) is 30.3 Å². The second-order valence-electron chi connectivity index (χ2n) is 8.02. The Morgan fingerprint density at radius 3 is 2.42 bits per heavy atom. The number of H-pyrrole nitrogens is 2. The molecule has 1 atom stereocenters. The lowest BCUT2D eigenvalue weighted by atomic mass is 9.95. The number of benzene rings is 3. The quantitative estimate of drug-likeness (QED) is 0.357. The first kappa shape index (κ1) is 20.8. The van der Waals surface area contributed by atoms with Gasteiger partial charge in [0.2, 0.25) is 0 Å². The average Bonchev–Trinajstić information content (AvgIpc) is 3.28. The minimum absolute atomic E-state index is 0.00337. The van der Waals surface area contributed by atoms with E-state index in [1.54, 1.807) is 12.3 Å². The molecule has 0 saturated heterocycles. The zero-order chi connectivity index (χ0) is 22.8. The molecule has 0 bridgehead atoms. The number of para-hydroxylation sites is 2. The zero-order valence-corrected chi connectivity index (χ0v) is 18.3. The molecule has 1 unspecified atom stereocenters. The number of hydrogen-bond donors (Lipinski definition) is 2. The lowest BCUT2D eigenvalue weighted by molar-refractivity contribution is 0.0811. The van der Waals surface area contributed by atoms with Gasteiger partial charge < -0.3 is 9.97 Å². The second-order valence-corrected chi connectivity index (χ2v) is 8.02. The van der Waals surface area contributed by atoms with Gasteiger partial charge in [0.05, 0.1) is 23.5 Å².